The minimum Gasteiger partial charge on any atom is -0.375 e. The maximum absolute atomic E-state index is 13.7. The Balaban J connectivity index is 1.87. The first-order chi connectivity index (χ1) is 12.3. The highest BCUT2D eigenvalue weighted by Crippen LogP contribution is 2.27. The number of hydrogen-bond donors (Lipinski definition) is 0. The predicted octanol–water partition coefficient (Wildman–Crippen LogP) is 0.522. The van der Waals surface area contributed by atoms with Crippen LogP contribution in [0, 0.1) is 12.7 Å². The molecule has 9 heteroatoms. The average molecular weight is 386 g/mol. The van der Waals surface area contributed by atoms with Crippen LogP contribution in [0.1, 0.15) is 11.1 Å². The normalized spacial score (nSPS) is 25.7. The molecule has 0 aliphatic carbocycles. The quantitative estimate of drug-likeness (QED) is 0.754. The molecule has 2 heterocycles. The Labute approximate surface area is 152 Å². The van der Waals surface area contributed by atoms with E-state index in [4.69, 9.17) is 9.47 Å². The fourth-order valence-electron chi connectivity index (χ4n) is 3.54. The third-order valence-corrected chi connectivity index (χ3v) is 6.50. The van der Waals surface area contributed by atoms with E-state index in [0.717, 1.165) is 5.56 Å². The van der Waals surface area contributed by atoms with E-state index in [1.54, 1.807) is 17.9 Å². The molecule has 0 N–H and O–H groups in total. The van der Waals surface area contributed by atoms with Crippen molar-refractivity contribution in [2.75, 3.05) is 39.2 Å². The summed E-state index contributed by atoms with van der Waals surface area (Å²) in [5.41, 5.74) is 1.30. The van der Waals surface area contributed by atoms with Gasteiger partial charge in [-0.3, -0.25) is 4.79 Å². The Morgan fingerprint density at radius 3 is 2.81 bits per heavy atom. The SMILES string of the molecule is COCC(=O)N1C[C@@H]2OCCS(=O)(=O)N(Cc3cc(C)cc(F)c3)[C@@H]2C1. The van der Waals surface area contributed by atoms with E-state index in [0.29, 0.717) is 12.1 Å². The monoisotopic (exact) mass is 386 g/mol. The predicted molar refractivity (Wildman–Crippen MR) is 92.5 cm³/mol. The lowest BCUT2D eigenvalue weighted by molar-refractivity contribution is -0.134. The first kappa shape index (κ1) is 19.2. The van der Waals surface area contributed by atoms with Gasteiger partial charge in [-0.15, -0.1) is 0 Å². The number of hydrogen-bond acceptors (Lipinski definition) is 5. The van der Waals surface area contributed by atoms with Crippen LogP contribution >= 0.6 is 0 Å². The second-order valence-electron chi connectivity index (χ2n) is 6.71. The third kappa shape index (κ3) is 4.06. The van der Waals surface area contributed by atoms with Crippen LogP contribution in [0.15, 0.2) is 18.2 Å². The Kier molecular flexibility index (Phi) is 5.61. The topological polar surface area (TPSA) is 76.1 Å². The minimum absolute atomic E-state index is 0.0533. The lowest BCUT2D eigenvalue weighted by atomic mass is 10.1. The number of likely N-dealkylation sites (tertiary alicyclic amines) is 1. The van der Waals surface area contributed by atoms with E-state index in [1.807, 2.05) is 0 Å². The summed E-state index contributed by atoms with van der Waals surface area (Å²) >= 11 is 0. The molecule has 1 amide bonds. The zero-order valence-electron chi connectivity index (χ0n) is 14.9. The van der Waals surface area contributed by atoms with Crippen molar-refractivity contribution in [2.24, 2.45) is 0 Å². The van der Waals surface area contributed by atoms with Crippen molar-refractivity contribution in [3.8, 4) is 0 Å². The van der Waals surface area contributed by atoms with Crippen molar-refractivity contribution < 1.29 is 27.1 Å². The smallest absolute Gasteiger partial charge is 0.248 e. The average Bonchev–Trinajstić information content (AvgIpc) is 2.91. The highest BCUT2D eigenvalue weighted by atomic mass is 32.2. The van der Waals surface area contributed by atoms with Crippen molar-refractivity contribution in [2.45, 2.75) is 25.6 Å². The Morgan fingerprint density at radius 2 is 2.12 bits per heavy atom. The maximum atomic E-state index is 13.7. The molecular weight excluding hydrogens is 363 g/mol. The van der Waals surface area contributed by atoms with E-state index in [2.05, 4.69) is 0 Å². The lowest BCUT2D eigenvalue weighted by Crippen LogP contribution is -2.45. The van der Waals surface area contributed by atoms with Crippen LogP contribution in [0.25, 0.3) is 0 Å². The molecule has 1 aromatic rings. The van der Waals surface area contributed by atoms with Crippen LogP contribution in [-0.2, 0) is 30.8 Å². The van der Waals surface area contributed by atoms with Crippen molar-refractivity contribution in [1.29, 1.82) is 0 Å². The zero-order chi connectivity index (χ0) is 18.9. The molecule has 7 nitrogen and oxygen atoms in total. The van der Waals surface area contributed by atoms with Crippen LogP contribution in [0.5, 0.6) is 0 Å². The van der Waals surface area contributed by atoms with Gasteiger partial charge in [0.1, 0.15) is 12.4 Å². The highest BCUT2D eigenvalue weighted by molar-refractivity contribution is 7.89. The van der Waals surface area contributed by atoms with Crippen molar-refractivity contribution in [3.63, 3.8) is 0 Å². The summed E-state index contributed by atoms with van der Waals surface area (Å²) in [6, 6.07) is 4.01. The number of carbonyl (C=O) groups excluding carboxylic acids is 1. The summed E-state index contributed by atoms with van der Waals surface area (Å²) in [5.74, 6) is -0.730. The lowest BCUT2D eigenvalue weighted by Gasteiger charge is -2.28. The van der Waals surface area contributed by atoms with Crippen molar-refractivity contribution >= 4 is 15.9 Å². The summed E-state index contributed by atoms with van der Waals surface area (Å²) in [5, 5.41) is 0. The molecule has 2 fully saturated rings. The second kappa shape index (κ2) is 7.59. The Hall–Kier alpha value is -1.55. The number of fused-ring (bicyclic) bond motifs is 1. The molecule has 0 aromatic heterocycles. The number of rotatable bonds is 4. The van der Waals surface area contributed by atoms with E-state index < -0.39 is 28.0 Å². The van der Waals surface area contributed by atoms with Crippen LogP contribution in [0.2, 0.25) is 0 Å². The fourth-order valence-corrected chi connectivity index (χ4v) is 5.04. The van der Waals surface area contributed by atoms with Gasteiger partial charge in [0.2, 0.25) is 15.9 Å². The van der Waals surface area contributed by atoms with Crippen molar-refractivity contribution in [1.82, 2.24) is 9.21 Å². The van der Waals surface area contributed by atoms with Gasteiger partial charge >= 0.3 is 0 Å². The van der Waals surface area contributed by atoms with E-state index in [9.17, 15) is 17.6 Å². The number of carbonyl (C=O) groups is 1. The molecule has 26 heavy (non-hydrogen) atoms. The first-order valence-corrected chi connectivity index (χ1v) is 10.0. The van der Waals surface area contributed by atoms with Crippen LogP contribution in [0.3, 0.4) is 0 Å². The number of ether oxygens (including phenoxy) is 2. The molecule has 2 saturated heterocycles. The molecule has 0 spiro atoms. The molecule has 2 aliphatic rings. The van der Waals surface area contributed by atoms with Gasteiger partial charge < -0.3 is 14.4 Å². The zero-order valence-corrected chi connectivity index (χ0v) is 15.7. The van der Waals surface area contributed by atoms with Crippen molar-refractivity contribution in [3.05, 3.63) is 35.1 Å². The number of nitrogens with zero attached hydrogens (tertiary/aromatic N) is 2. The second-order valence-corrected chi connectivity index (χ2v) is 8.75. The summed E-state index contributed by atoms with van der Waals surface area (Å²) in [6.07, 6.45) is -0.400. The molecular formula is C17H23FN2O5S. The van der Waals surface area contributed by atoms with Gasteiger partial charge in [-0.25, -0.2) is 12.8 Å². The fraction of sp³-hybridized carbons (Fsp3) is 0.588. The minimum atomic E-state index is -3.58. The van der Waals surface area contributed by atoms with Gasteiger partial charge in [0, 0.05) is 26.7 Å². The third-order valence-electron chi connectivity index (χ3n) is 4.70. The number of amides is 1. The molecule has 0 unspecified atom stereocenters. The Bertz CT molecular complexity index is 765. The number of sulfonamides is 1. The van der Waals surface area contributed by atoms with Gasteiger partial charge in [-0.1, -0.05) is 6.07 Å². The highest BCUT2D eigenvalue weighted by Gasteiger charge is 2.45. The molecule has 144 valence electrons. The van der Waals surface area contributed by atoms with Gasteiger partial charge in [0.05, 0.1) is 24.5 Å². The van der Waals surface area contributed by atoms with Crippen LogP contribution < -0.4 is 0 Å². The largest absolute Gasteiger partial charge is 0.375 e. The molecule has 2 aliphatic heterocycles. The number of halogens is 1. The first-order valence-electron chi connectivity index (χ1n) is 8.44. The van der Waals surface area contributed by atoms with Gasteiger partial charge in [-0.05, 0) is 30.2 Å². The summed E-state index contributed by atoms with van der Waals surface area (Å²) < 4.78 is 51.2. The Morgan fingerprint density at radius 1 is 1.35 bits per heavy atom. The molecule has 0 bridgehead atoms. The molecule has 3 rings (SSSR count). The summed E-state index contributed by atoms with van der Waals surface area (Å²) in [4.78, 5) is 13.7. The van der Waals surface area contributed by atoms with E-state index >= 15 is 0 Å². The molecule has 2 atom stereocenters. The van der Waals surface area contributed by atoms with E-state index in [1.165, 1.54) is 23.5 Å². The maximum Gasteiger partial charge on any atom is 0.248 e. The standard InChI is InChI=1S/C17H23FN2O5S/c1-12-5-13(7-14(18)6-12)8-20-15-9-19(17(21)11-24-2)10-16(15)25-3-4-26(20,22)23/h5-7,15-16H,3-4,8-11H2,1-2H3/t15-,16+/m1/s1. The number of aryl methyl sites for hydroxylation is 1. The summed E-state index contributed by atoms with van der Waals surface area (Å²) in [7, 11) is -2.15. The van der Waals surface area contributed by atoms with E-state index in [-0.39, 0.29) is 38.0 Å². The number of benzene rings is 1. The van der Waals surface area contributed by atoms with Gasteiger partial charge in [0.25, 0.3) is 0 Å². The van der Waals surface area contributed by atoms with Crippen LogP contribution in [0.4, 0.5) is 4.39 Å². The number of methoxy groups -OCH3 is 1. The molecule has 0 saturated carbocycles. The van der Waals surface area contributed by atoms with Gasteiger partial charge in [-0.2, -0.15) is 4.31 Å². The van der Waals surface area contributed by atoms with Gasteiger partial charge in [0.15, 0.2) is 0 Å². The molecule has 0 radical (unpaired) electrons. The molecule has 1 aromatic carbocycles. The van der Waals surface area contributed by atoms with Crippen LogP contribution in [-0.4, -0.2) is 74.8 Å². The summed E-state index contributed by atoms with van der Waals surface area (Å²) in [6.45, 7) is 2.39.